The number of hydrogen-bond donors (Lipinski definition) is 0. The van der Waals surface area contributed by atoms with Crippen molar-refractivity contribution in [2.24, 2.45) is 0 Å². The first-order chi connectivity index (χ1) is 25.2. The third-order valence-corrected chi connectivity index (χ3v) is 9.72. The molecule has 0 radical (unpaired) electrons. The van der Waals surface area contributed by atoms with Gasteiger partial charge in [-0.05, 0) is 63.9 Å². The molecule has 0 aliphatic carbocycles. The molecule has 3 aromatic heterocycles. The van der Waals surface area contributed by atoms with Crippen LogP contribution in [0.1, 0.15) is 0 Å². The SMILES string of the molecule is c1ccc(-c2ccc(-c3cc(-c4cc(-c5cnc6ccc7ccccc7c6c5)cc5c4oc4ccccc45)nc(-c4ccccc4)n3)cc2)cc1. The van der Waals surface area contributed by atoms with E-state index < -0.39 is 0 Å². The molecular weight excluding hydrogens is 623 g/mol. The second kappa shape index (κ2) is 11.9. The van der Waals surface area contributed by atoms with Gasteiger partial charge in [0, 0.05) is 44.6 Å². The second-order valence-electron chi connectivity index (χ2n) is 12.8. The predicted molar refractivity (Wildman–Crippen MR) is 209 cm³/mol. The molecule has 0 amide bonds. The third-order valence-electron chi connectivity index (χ3n) is 9.72. The van der Waals surface area contributed by atoms with Crippen LogP contribution >= 0.6 is 0 Å². The number of aromatic nitrogens is 3. The van der Waals surface area contributed by atoms with E-state index >= 15 is 0 Å². The molecule has 0 unspecified atom stereocenters. The van der Waals surface area contributed by atoms with Gasteiger partial charge in [-0.25, -0.2) is 9.97 Å². The average molecular weight is 652 g/mol. The van der Waals surface area contributed by atoms with Gasteiger partial charge in [-0.15, -0.1) is 0 Å². The Kier molecular flexibility index (Phi) is 6.78. The largest absolute Gasteiger partial charge is 0.455 e. The maximum atomic E-state index is 6.64. The molecule has 10 rings (SSSR count). The fraction of sp³-hybridized carbons (Fsp3) is 0. The van der Waals surface area contributed by atoms with Crippen molar-refractivity contribution in [3.8, 4) is 56.2 Å². The first kappa shape index (κ1) is 29.0. The Morgan fingerprint density at radius 3 is 1.86 bits per heavy atom. The summed E-state index contributed by atoms with van der Waals surface area (Å²) in [5, 5.41) is 5.60. The van der Waals surface area contributed by atoms with Crippen molar-refractivity contribution in [3.05, 3.63) is 176 Å². The van der Waals surface area contributed by atoms with Crippen LogP contribution < -0.4 is 0 Å². The summed E-state index contributed by atoms with van der Waals surface area (Å²) in [6, 6.07) is 58.9. The molecular formula is C47H29N3O. The molecule has 51 heavy (non-hydrogen) atoms. The van der Waals surface area contributed by atoms with Crippen molar-refractivity contribution in [2.75, 3.05) is 0 Å². The molecule has 238 valence electrons. The summed E-state index contributed by atoms with van der Waals surface area (Å²) < 4.78 is 6.64. The normalized spacial score (nSPS) is 11.5. The van der Waals surface area contributed by atoms with Crippen LogP contribution in [-0.4, -0.2) is 15.0 Å². The van der Waals surface area contributed by atoms with E-state index in [1.807, 2.05) is 42.6 Å². The topological polar surface area (TPSA) is 51.8 Å². The summed E-state index contributed by atoms with van der Waals surface area (Å²) in [5.41, 5.74) is 11.5. The maximum Gasteiger partial charge on any atom is 0.160 e. The minimum absolute atomic E-state index is 0.656. The number of para-hydroxylation sites is 1. The quantitative estimate of drug-likeness (QED) is 0.174. The van der Waals surface area contributed by atoms with Gasteiger partial charge in [0.1, 0.15) is 11.2 Å². The first-order valence-electron chi connectivity index (χ1n) is 17.1. The monoisotopic (exact) mass is 651 g/mol. The van der Waals surface area contributed by atoms with E-state index in [1.54, 1.807) is 0 Å². The number of hydrogen-bond acceptors (Lipinski definition) is 4. The fourth-order valence-electron chi connectivity index (χ4n) is 7.14. The highest BCUT2D eigenvalue weighted by molar-refractivity contribution is 6.12. The van der Waals surface area contributed by atoms with Gasteiger partial charge in [-0.1, -0.05) is 133 Å². The molecule has 0 aliphatic rings. The Labute approximate surface area is 294 Å². The zero-order chi connectivity index (χ0) is 33.7. The lowest BCUT2D eigenvalue weighted by molar-refractivity contribution is 0.670. The van der Waals surface area contributed by atoms with Gasteiger partial charge in [0.25, 0.3) is 0 Å². The fourth-order valence-corrected chi connectivity index (χ4v) is 7.14. The highest BCUT2D eigenvalue weighted by Crippen LogP contribution is 2.41. The van der Waals surface area contributed by atoms with E-state index in [4.69, 9.17) is 19.4 Å². The summed E-state index contributed by atoms with van der Waals surface area (Å²) in [7, 11) is 0. The van der Waals surface area contributed by atoms with Crippen LogP contribution in [0.25, 0.3) is 99.8 Å². The van der Waals surface area contributed by atoms with Crippen molar-refractivity contribution >= 4 is 43.6 Å². The van der Waals surface area contributed by atoms with Gasteiger partial charge in [-0.2, -0.15) is 0 Å². The van der Waals surface area contributed by atoms with Crippen LogP contribution in [0, 0.1) is 0 Å². The number of benzene rings is 7. The molecule has 0 saturated heterocycles. The number of nitrogens with zero attached hydrogens (tertiary/aromatic N) is 3. The van der Waals surface area contributed by atoms with Crippen molar-refractivity contribution in [1.29, 1.82) is 0 Å². The molecule has 0 atom stereocenters. The van der Waals surface area contributed by atoms with Gasteiger partial charge in [0.15, 0.2) is 5.82 Å². The maximum absolute atomic E-state index is 6.64. The lowest BCUT2D eigenvalue weighted by Crippen LogP contribution is -1.96. The Morgan fingerprint density at radius 1 is 0.392 bits per heavy atom. The smallest absolute Gasteiger partial charge is 0.160 e. The van der Waals surface area contributed by atoms with Crippen molar-refractivity contribution < 1.29 is 4.42 Å². The van der Waals surface area contributed by atoms with Crippen LogP contribution in [0.3, 0.4) is 0 Å². The van der Waals surface area contributed by atoms with Gasteiger partial charge in [-0.3, -0.25) is 4.98 Å². The molecule has 0 saturated carbocycles. The van der Waals surface area contributed by atoms with Crippen LogP contribution in [0.4, 0.5) is 0 Å². The van der Waals surface area contributed by atoms with Crippen molar-refractivity contribution in [3.63, 3.8) is 0 Å². The van der Waals surface area contributed by atoms with E-state index in [9.17, 15) is 0 Å². The van der Waals surface area contributed by atoms with Gasteiger partial charge < -0.3 is 4.42 Å². The van der Waals surface area contributed by atoms with Crippen LogP contribution in [0.2, 0.25) is 0 Å². The van der Waals surface area contributed by atoms with Crippen molar-refractivity contribution in [2.45, 2.75) is 0 Å². The molecule has 3 heterocycles. The number of rotatable bonds is 5. The first-order valence-corrected chi connectivity index (χ1v) is 17.1. The number of fused-ring (bicyclic) bond motifs is 6. The molecule has 4 nitrogen and oxygen atoms in total. The average Bonchev–Trinajstić information content (AvgIpc) is 3.59. The molecule has 0 fully saturated rings. The van der Waals surface area contributed by atoms with E-state index in [0.29, 0.717) is 5.82 Å². The lowest BCUT2D eigenvalue weighted by atomic mass is 9.96. The number of furan rings is 1. The van der Waals surface area contributed by atoms with E-state index in [1.165, 1.54) is 16.3 Å². The van der Waals surface area contributed by atoms with Gasteiger partial charge >= 0.3 is 0 Å². The summed E-state index contributed by atoms with van der Waals surface area (Å²) in [4.78, 5) is 15.3. The highest BCUT2D eigenvalue weighted by atomic mass is 16.3. The third kappa shape index (κ3) is 5.13. The Hall–Kier alpha value is -6.91. The molecule has 0 bridgehead atoms. The van der Waals surface area contributed by atoms with Gasteiger partial charge in [0.2, 0.25) is 0 Å². The molecule has 10 aromatic rings. The Balaban J connectivity index is 1.20. The highest BCUT2D eigenvalue weighted by Gasteiger charge is 2.19. The molecule has 0 spiro atoms. The van der Waals surface area contributed by atoms with E-state index in [2.05, 4.69) is 133 Å². The van der Waals surface area contributed by atoms with Crippen LogP contribution in [0.5, 0.6) is 0 Å². The predicted octanol–water partition coefficient (Wildman–Crippen LogP) is 12.4. The minimum Gasteiger partial charge on any atom is -0.455 e. The van der Waals surface area contributed by atoms with Gasteiger partial charge in [0.05, 0.1) is 16.9 Å². The molecule has 7 aromatic carbocycles. The molecule has 0 aliphatic heterocycles. The Morgan fingerprint density at radius 2 is 1.04 bits per heavy atom. The second-order valence-corrected chi connectivity index (χ2v) is 12.8. The minimum atomic E-state index is 0.656. The summed E-state index contributed by atoms with van der Waals surface area (Å²) >= 11 is 0. The summed E-state index contributed by atoms with van der Waals surface area (Å²) in [6.45, 7) is 0. The zero-order valence-electron chi connectivity index (χ0n) is 27.5. The van der Waals surface area contributed by atoms with Crippen LogP contribution in [0.15, 0.2) is 180 Å². The Bertz CT molecular complexity index is 2900. The number of pyridine rings is 1. The van der Waals surface area contributed by atoms with E-state index in [0.717, 1.165) is 77.6 Å². The molecule has 4 heteroatoms. The van der Waals surface area contributed by atoms with Crippen molar-refractivity contribution in [1.82, 2.24) is 15.0 Å². The van der Waals surface area contributed by atoms with Crippen LogP contribution in [-0.2, 0) is 0 Å². The standard InChI is InChI=1S/C47H29N3O/c1-3-11-30(12-4-1)31-19-21-33(22-20-31)43-28-44(50-47(49-43)34-14-5-2-6-15-34)41-26-35(25-40-38-17-9-10-18-45(38)51-46(40)41)36-27-39-37-16-8-7-13-32(37)23-24-42(39)48-29-36/h1-29H. The van der Waals surface area contributed by atoms with E-state index in [-0.39, 0.29) is 0 Å². The zero-order valence-corrected chi connectivity index (χ0v) is 27.5. The molecule has 0 N–H and O–H groups in total. The lowest BCUT2D eigenvalue weighted by Gasteiger charge is -2.12. The summed E-state index contributed by atoms with van der Waals surface area (Å²) in [5.74, 6) is 0.656. The summed E-state index contributed by atoms with van der Waals surface area (Å²) in [6.07, 6.45) is 1.97.